The van der Waals surface area contributed by atoms with Gasteiger partial charge in [0, 0.05) is 41.8 Å². The van der Waals surface area contributed by atoms with Crippen LogP contribution in [0.2, 0.25) is 10.0 Å². The van der Waals surface area contributed by atoms with Crippen LogP contribution in [0, 0.1) is 5.92 Å². The van der Waals surface area contributed by atoms with Gasteiger partial charge in [-0.2, -0.15) is 0 Å². The number of hydrogen-bond donors (Lipinski definition) is 1. The molecule has 1 aromatic carbocycles. The molecule has 1 aliphatic heterocycles. The van der Waals surface area contributed by atoms with Crippen LogP contribution >= 0.6 is 23.2 Å². The fourth-order valence-electron chi connectivity index (χ4n) is 2.37. The van der Waals surface area contributed by atoms with Crippen LogP contribution in [0.4, 0.5) is 5.69 Å². The van der Waals surface area contributed by atoms with Crippen molar-refractivity contribution in [3.63, 3.8) is 0 Å². The summed E-state index contributed by atoms with van der Waals surface area (Å²) < 4.78 is 0. The molecule has 0 radical (unpaired) electrons. The third kappa shape index (κ3) is 4.35. The summed E-state index contributed by atoms with van der Waals surface area (Å²) in [6.45, 7) is 1.68. The zero-order valence-electron chi connectivity index (χ0n) is 12.6. The van der Waals surface area contributed by atoms with E-state index in [1.165, 1.54) is 0 Å². The molecule has 120 valence electrons. The lowest BCUT2D eigenvalue weighted by Crippen LogP contribution is -2.36. The van der Waals surface area contributed by atoms with Crippen molar-refractivity contribution in [2.24, 2.45) is 5.92 Å². The summed E-state index contributed by atoms with van der Waals surface area (Å²) in [5.41, 5.74) is 0.631. The Balaban J connectivity index is 1.99. The zero-order chi connectivity index (χ0) is 16.3. The van der Waals surface area contributed by atoms with Crippen molar-refractivity contribution in [1.82, 2.24) is 10.2 Å². The van der Waals surface area contributed by atoms with Gasteiger partial charge in [-0.3, -0.25) is 9.59 Å². The summed E-state index contributed by atoms with van der Waals surface area (Å²) in [6.07, 6.45) is 0.206. The normalized spacial score (nSPS) is 18.1. The van der Waals surface area contributed by atoms with Crippen molar-refractivity contribution in [2.45, 2.75) is 6.42 Å². The SMILES string of the molecule is CN(C)CCNC(=O)C1CC(=O)N(c2cc(Cl)cc(Cl)c2)C1. The molecule has 0 saturated carbocycles. The molecule has 1 aliphatic rings. The van der Waals surface area contributed by atoms with E-state index in [0.717, 1.165) is 6.54 Å². The van der Waals surface area contributed by atoms with E-state index in [1.54, 1.807) is 23.1 Å². The van der Waals surface area contributed by atoms with Gasteiger partial charge >= 0.3 is 0 Å². The number of halogens is 2. The molecule has 1 atom stereocenters. The van der Waals surface area contributed by atoms with Gasteiger partial charge in [0.05, 0.1) is 5.92 Å². The minimum Gasteiger partial charge on any atom is -0.355 e. The fourth-order valence-corrected chi connectivity index (χ4v) is 2.89. The topological polar surface area (TPSA) is 52.7 Å². The largest absolute Gasteiger partial charge is 0.355 e. The first kappa shape index (κ1) is 17.1. The molecule has 2 rings (SSSR count). The quantitative estimate of drug-likeness (QED) is 0.889. The standard InChI is InChI=1S/C15H19Cl2N3O2/c1-19(2)4-3-18-15(22)10-5-14(21)20(9-10)13-7-11(16)6-12(17)8-13/h6-8,10H,3-5,9H2,1-2H3,(H,18,22). The Kier molecular flexibility index (Phi) is 5.67. The maximum atomic E-state index is 12.1. The van der Waals surface area contributed by atoms with Crippen LogP contribution in [0.3, 0.4) is 0 Å². The predicted octanol–water partition coefficient (Wildman–Crippen LogP) is 2.02. The summed E-state index contributed by atoms with van der Waals surface area (Å²) in [5, 5.41) is 3.79. The van der Waals surface area contributed by atoms with Crippen LogP contribution in [-0.2, 0) is 9.59 Å². The second kappa shape index (κ2) is 7.31. The first-order chi connectivity index (χ1) is 10.4. The lowest BCUT2D eigenvalue weighted by molar-refractivity contribution is -0.126. The molecule has 1 unspecified atom stereocenters. The molecule has 22 heavy (non-hydrogen) atoms. The Bertz CT molecular complexity index is 558. The average molecular weight is 344 g/mol. The number of carbonyl (C=O) groups is 2. The summed E-state index contributed by atoms with van der Waals surface area (Å²) in [5.74, 6) is -0.524. The molecule has 1 aromatic rings. The molecule has 0 aliphatic carbocycles. The molecule has 5 nitrogen and oxygen atoms in total. The molecule has 1 heterocycles. The van der Waals surface area contributed by atoms with E-state index in [9.17, 15) is 9.59 Å². The highest BCUT2D eigenvalue weighted by Gasteiger charge is 2.35. The van der Waals surface area contributed by atoms with Crippen LogP contribution in [0.25, 0.3) is 0 Å². The van der Waals surface area contributed by atoms with Crippen molar-refractivity contribution in [1.29, 1.82) is 0 Å². The minimum atomic E-state index is -0.340. The van der Waals surface area contributed by atoms with Gasteiger partial charge in [-0.05, 0) is 32.3 Å². The van der Waals surface area contributed by atoms with Gasteiger partial charge in [-0.25, -0.2) is 0 Å². The van der Waals surface area contributed by atoms with E-state index in [1.807, 2.05) is 19.0 Å². The number of nitrogens with one attached hydrogen (secondary N) is 1. The van der Waals surface area contributed by atoms with Gasteiger partial charge in [-0.1, -0.05) is 23.2 Å². The Labute approximate surface area is 140 Å². The first-order valence-electron chi connectivity index (χ1n) is 7.05. The van der Waals surface area contributed by atoms with E-state index >= 15 is 0 Å². The van der Waals surface area contributed by atoms with Crippen LogP contribution in [0.1, 0.15) is 6.42 Å². The molecular weight excluding hydrogens is 325 g/mol. The Hall–Kier alpha value is -1.30. The molecular formula is C15H19Cl2N3O2. The Morgan fingerprint density at radius 3 is 2.55 bits per heavy atom. The maximum absolute atomic E-state index is 12.1. The van der Waals surface area contributed by atoms with Gasteiger partial charge in [0.15, 0.2) is 0 Å². The molecule has 7 heteroatoms. The van der Waals surface area contributed by atoms with E-state index in [-0.39, 0.29) is 24.2 Å². The zero-order valence-corrected chi connectivity index (χ0v) is 14.1. The Morgan fingerprint density at radius 1 is 1.32 bits per heavy atom. The van der Waals surface area contributed by atoms with Crippen LogP contribution in [0.15, 0.2) is 18.2 Å². The lowest BCUT2D eigenvalue weighted by Gasteiger charge is -2.17. The van der Waals surface area contributed by atoms with Gasteiger partial charge in [0.1, 0.15) is 0 Å². The van der Waals surface area contributed by atoms with Gasteiger partial charge < -0.3 is 15.1 Å². The van der Waals surface area contributed by atoms with Crippen LogP contribution in [0.5, 0.6) is 0 Å². The molecule has 2 amide bonds. The number of anilines is 1. The van der Waals surface area contributed by atoms with E-state index < -0.39 is 0 Å². The van der Waals surface area contributed by atoms with Crippen LogP contribution in [-0.4, -0.2) is 50.4 Å². The summed E-state index contributed by atoms with van der Waals surface area (Å²) in [7, 11) is 3.88. The number of amides is 2. The monoisotopic (exact) mass is 343 g/mol. The molecule has 0 aromatic heterocycles. The smallest absolute Gasteiger partial charge is 0.227 e. The van der Waals surface area contributed by atoms with Crippen LogP contribution < -0.4 is 10.2 Å². The van der Waals surface area contributed by atoms with E-state index in [4.69, 9.17) is 23.2 Å². The number of hydrogen-bond acceptors (Lipinski definition) is 3. The highest BCUT2D eigenvalue weighted by molar-refractivity contribution is 6.35. The summed E-state index contributed by atoms with van der Waals surface area (Å²) in [4.78, 5) is 27.8. The van der Waals surface area contributed by atoms with Gasteiger partial charge in [-0.15, -0.1) is 0 Å². The number of rotatable bonds is 5. The molecule has 1 fully saturated rings. The summed E-state index contributed by atoms with van der Waals surface area (Å²) in [6, 6.07) is 4.97. The third-order valence-corrected chi connectivity index (χ3v) is 3.95. The van der Waals surface area contributed by atoms with Crippen molar-refractivity contribution in [3.8, 4) is 0 Å². The average Bonchev–Trinajstić information content (AvgIpc) is 2.79. The predicted molar refractivity (Wildman–Crippen MR) is 88.5 cm³/mol. The maximum Gasteiger partial charge on any atom is 0.227 e. The second-order valence-electron chi connectivity index (χ2n) is 5.63. The van der Waals surface area contributed by atoms with Crippen molar-refractivity contribution in [3.05, 3.63) is 28.2 Å². The van der Waals surface area contributed by atoms with Gasteiger partial charge in [0.25, 0.3) is 0 Å². The third-order valence-electron chi connectivity index (χ3n) is 3.51. The number of carbonyl (C=O) groups excluding carboxylic acids is 2. The lowest BCUT2D eigenvalue weighted by atomic mass is 10.1. The number of benzene rings is 1. The number of likely N-dealkylation sites (N-methyl/N-ethyl adjacent to an activating group) is 1. The highest BCUT2D eigenvalue weighted by atomic mass is 35.5. The number of nitrogens with zero attached hydrogens (tertiary/aromatic N) is 2. The van der Waals surface area contributed by atoms with Crippen molar-refractivity contribution < 1.29 is 9.59 Å². The van der Waals surface area contributed by atoms with Gasteiger partial charge in [0.2, 0.25) is 11.8 Å². The molecule has 0 bridgehead atoms. The summed E-state index contributed by atoms with van der Waals surface area (Å²) >= 11 is 11.9. The molecule has 0 spiro atoms. The minimum absolute atomic E-state index is 0.0916. The molecule has 1 N–H and O–H groups in total. The van der Waals surface area contributed by atoms with E-state index in [2.05, 4.69) is 5.32 Å². The van der Waals surface area contributed by atoms with Crippen molar-refractivity contribution >= 4 is 40.7 Å². The van der Waals surface area contributed by atoms with Crippen molar-refractivity contribution in [2.75, 3.05) is 38.6 Å². The highest BCUT2D eigenvalue weighted by Crippen LogP contribution is 2.30. The molecule has 1 saturated heterocycles. The fraction of sp³-hybridized carbons (Fsp3) is 0.467. The van der Waals surface area contributed by atoms with E-state index in [0.29, 0.717) is 28.8 Å². The first-order valence-corrected chi connectivity index (χ1v) is 7.81. The second-order valence-corrected chi connectivity index (χ2v) is 6.50. The Morgan fingerprint density at radius 2 is 1.95 bits per heavy atom.